The number of hydrogen-bond acceptors (Lipinski definition) is 3. The van der Waals surface area contributed by atoms with Crippen molar-refractivity contribution in [3.05, 3.63) is 0 Å². The first kappa shape index (κ1) is 13.9. The fourth-order valence-electron chi connectivity index (χ4n) is 0.853. The van der Waals surface area contributed by atoms with Crippen molar-refractivity contribution in [1.82, 2.24) is 0 Å². The Kier molecular flexibility index (Phi) is 8.41. The Hall–Kier alpha value is 1.92. The number of aliphatic hydroxyl groups is 1. The van der Waals surface area contributed by atoms with Crippen molar-refractivity contribution in [2.75, 3.05) is 13.2 Å². The third-order valence-electron chi connectivity index (χ3n) is 1.27. The summed E-state index contributed by atoms with van der Waals surface area (Å²) in [6.45, 7) is 4.22. The van der Waals surface area contributed by atoms with Crippen LogP contribution in [0.5, 0.6) is 0 Å². The van der Waals surface area contributed by atoms with Gasteiger partial charge < -0.3 is 14.6 Å². The van der Waals surface area contributed by atoms with E-state index in [1.165, 1.54) is 0 Å². The van der Waals surface area contributed by atoms with Crippen LogP contribution in [-0.4, -0.2) is 30.2 Å². The van der Waals surface area contributed by atoms with Gasteiger partial charge in [-0.25, -0.2) is 0 Å². The second kappa shape index (κ2) is 7.25. The van der Waals surface area contributed by atoms with Crippen molar-refractivity contribution >= 4 is 40.0 Å². The van der Waals surface area contributed by atoms with Crippen molar-refractivity contribution in [2.24, 2.45) is 0 Å². The van der Waals surface area contributed by atoms with Gasteiger partial charge in [-0.15, -0.1) is 0 Å². The molecule has 1 aliphatic heterocycles. The van der Waals surface area contributed by atoms with E-state index in [1.54, 1.807) is 0 Å². The number of hydrogen-bond donors (Lipinski definition) is 1. The van der Waals surface area contributed by atoms with Gasteiger partial charge in [0.15, 0.2) is 5.79 Å². The molecule has 0 bridgehead atoms. The fraction of sp³-hybridized carbons (Fsp3) is 1.00. The summed E-state index contributed by atoms with van der Waals surface area (Å²) in [4.78, 5) is 0. The number of halogens is 2. The van der Waals surface area contributed by atoms with Crippen LogP contribution in [0.4, 0.5) is 0 Å². The van der Waals surface area contributed by atoms with Crippen LogP contribution in [0.15, 0.2) is 0 Å². The van der Waals surface area contributed by atoms with E-state index in [0.29, 0.717) is 16.1 Å². The maximum atomic E-state index is 8.59. The topological polar surface area (TPSA) is 38.7 Å². The van der Waals surface area contributed by atoms with Crippen LogP contribution < -0.4 is 0 Å². The van der Waals surface area contributed by atoms with Gasteiger partial charge in [-0.3, -0.25) is 0 Å². The quantitative estimate of drug-likeness (QED) is 0.638. The third-order valence-corrected chi connectivity index (χ3v) is 1.27. The van der Waals surface area contributed by atoms with Crippen molar-refractivity contribution in [1.29, 1.82) is 0 Å². The molecule has 0 radical (unpaired) electrons. The molecule has 1 aliphatic rings. The Bertz CT molecular complexity index is 123. The van der Waals surface area contributed by atoms with E-state index in [1.807, 2.05) is 13.8 Å². The predicted molar refractivity (Wildman–Crippen MR) is 60.0 cm³/mol. The van der Waals surface area contributed by atoms with Crippen molar-refractivity contribution in [3.63, 3.8) is 0 Å². The average molecular weight is 437 g/mol. The Balaban J connectivity index is 0.000000354. The van der Waals surface area contributed by atoms with E-state index >= 15 is 0 Å². The Morgan fingerprint density at radius 1 is 1.58 bits per heavy atom. The molecule has 1 rings (SSSR count). The van der Waals surface area contributed by atoms with Crippen LogP contribution in [0.1, 0.15) is 13.8 Å². The average Bonchev–Trinajstić information content (AvgIpc) is 2.32. The summed E-state index contributed by atoms with van der Waals surface area (Å²) < 4.78 is 10.4. The Labute approximate surface area is 102 Å². The number of rotatable bonds is 1. The van der Waals surface area contributed by atoms with Crippen molar-refractivity contribution in [2.45, 2.75) is 25.7 Å². The van der Waals surface area contributed by atoms with Gasteiger partial charge in [-0.05, 0) is 13.8 Å². The molecule has 1 N–H and O–H groups in total. The molecule has 1 fully saturated rings. The molecule has 0 aliphatic carbocycles. The van der Waals surface area contributed by atoms with Gasteiger partial charge >= 0.3 is 49.4 Å². The van der Waals surface area contributed by atoms with E-state index in [9.17, 15) is 0 Å². The van der Waals surface area contributed by atoms with Gasteiger partial charge in [0.1, 0.15) is 6.10 Å². The van der Waals surface area contributed by atoms with Gasteiger partial charge in [0.05, 0.1) is 13.2 Å². The molecule has 1 saturated heterocycles. The van der Waals surface area contributed by atoms with E-state index < -0.39 is 5.79 Å². The van der Waals surface area contributed by atoms with Gasteiger partial charge in [-0.2, -0.15) is 0 Å². The van der Waals surface area contributed by atoms with E-state index in [0.717, 1.165) is 0 Å². The van der Waals surface area contributed by atoms with Crippen molar-refractivity contribution < 1.29 is 24.0 Å². The summed E-state index contributed by atoms with van der Waals surface area (Å²) >= 11 is 4.74. The molecule has 0 aromatic rings. The zero-order chi connectivity index (χ0) is 9.61. The first-order valence-corrected chi connectivity index (χ1v) is 12.4. The molecule has 0 saturated carbocycles. The molecule has 12 heavy (non-hydrogen) atoms. The molecule has 0 amide bonds. The fourth-order valence-corrected chi connectivity index (χ4v) is 0.853. The Morgan fingerprint density at radius 2 is 2.08 bits per heavy atom. The monoisotopic (exact) mass is 437 g/mol. The van der Waals surface area contributed by atoms with Crippen LogP contribution in [0.3, 0.4) is 0 Å². The summed E-state index contributed by atoms with van der Waals surface area (Å²) in [5.74, 6) is -0.493. The molecular weight excluding hydrogens is 425 g/mol. The van der Waals surface area contributed by atoms with Gasteiger partial charge in [0.25, 0.3) is 0 Å². The summed E-state index contributed by atoms with van der Waals surface area (Å²) in [6.07, 6.45) is -0.125. The summed E-state index contributed by atoms with van der Waals surface area (Å²) in [7, 11) is 0.628. The number of aliphatic hydroxyl groups excluding tert-OH is 1. The minimum atomic E-state index is -0.493. The number of ether oxygens (including phenoxy) is 2. The molecule has 0 aromatic carbocycles. The van der Waals surface area contributed by atoms with Crippen LogP contribution in [0.25, 0.3) is 0 Å². The molecule has 0 aromatic heterocycles. The molecule has 3 nitrogen and oxygen atoms in total. The third kappa shape index (κ3) is 6.39. The molecular formula is C6H12I2O3V. The standard InChI is InChI=1S/C6H12O3.2HI.V/c1-6(2)8-4-5(3-7)9-6;;;/h5,7H,3-4H2,1-2H3;2*1H;/q;;;+2/p-2. The second-order valence-electron chi connectivity index (χ2n) is 2.70. The maximum absolute atomic E-state index is 8.59. The van der Waals surface area contributed by atoms with Crippen LogP contribution in [0.2, 0.25) is 0 Å². The SMILES string of the molecule is CC1(C)OCC(CO)O1.[I][V][I]. The van der Waals surface area contributed by atoms with Gasteiger partial charge in [-0.1, -0.05) is 0 Å². The first-order valence-electron chi connectivity index (χ1n) is 3.40. The first-order chi connectivity index (χ1) is 5.55. The zero-order valence-electron chi connectivity index (χ0n) is 6.96. The van der Waals surface area contributed by atoms with Gasteiger partial charge in [0, 0.05) is 0 Å². The molecule has 6 heteroatoms. The van der Waals surface area contributed by atoms with Crippen LogP contribution in [-0.2, 0) is 18.9 Å². The molecule has 1 heterocycles. The van der Waals surface area contributed by atoms with Crippen LogP contribution >= 0.6 is 40.0 Å². The summed E-state index contributed by atoms with van der Waals surface area (Å²) in [5.41, 5.74) is 0. The van der Waals surface area contributed by atoms with E-state index in [2.05, 4.69) is 40.0 Å². The predicted octanol–water partition coefficient (Wildman–Crippen LogP) is 1.90. The minimum absolute atomic E-state index is 0.0451. The molecule has 1 unspecified atom stereocenters. The van der Waals surface area contributed by atoms with E-state index in [4.69, 9.17) is 14.6 Å². The summed E-state index contributed by atoms with van der Waals surface area (Å²) in [6, 6.07) is 0. The molecule has 73 valence electrons. The van der Waals surface area contributed by atoms with Crippen molar-refractivity contribution in [3.8, 4) is 0 Å². The Morgan fingerprint density at radius 3 is 2.25 bits per heavy atom. The summed E-state index contributed by atoms with van der Waals surface area (Å²) in [5, 5.41) is 8.59. The van der Waals surface area contributed by atoms with Crippen LogP contribution in [0, 0.1) is 0 Å². The van der Waals surface area contributed by atoms with Gasteiger partial charge in [0.2, 0.25) is 0 Å². The zero-order valence-corrected chi connectivity index (χ0v) is 12.7. The molecule has 0 spiro atoms. The van der Waals surface area contributed by atoms with E-state index in [-0.39, 0.29) is 12.7 Å². The second-order valence-corrected chi connectivity index (χ2v) is 14.5. The molecule has 1 atom stereocenters. The normalized spacial score (nSPS) is 25.9.